The SMILES string of the molecule is OB(Oc1ccccc1-c1cc(F)cc(F)c1F)c1ccc(F)c(F)c1F. The van der Waals surface area contributed by atoms with E-state index in [0.717, 1.165) is 6.07 Å². The zero-order valence-electron chi connectivity index (χ0n) is 13.3. The number of rotatable bonds is 4. The Bertz CT molecular complexity index is 1010. The number of benzene rings is 3. The topological polar surface area (TPSA) is 29.5 Å². The number of para-hydroxylation sites is 1. The first-order valence-corrected chi connectivity index (χ1v) is 7.51. The number of hydrogen-bond donors (Lipinski definition) is 1. The first-order valence-electron chi connectivity index (χ1n) is 7.51. The lowest BCUT2D eigenvalue weighted by molar-refractivity contribution is 0.420. The Balaban J connectivity index is 2.02. The monoisotopic (exact) mass is 382 g/mol. The standard InChI is InChI=1S/C18H9BF6O2/c20-9-7-11(16(23)14(22)8-9)10-3-1-2-4-15(10)27-19(26)12-5-6-13(21)18(25)17(12)24/h1-8,26H. The Labute approximate surface area is 149 Å². The summed E-state index contributed by atoms with van der Waals surface area (Å²) < 4.78 is 86.2. The van der Waals surface area contributed by atoms with Gasteiger partial charge in [0.2, 0.25) is 0 Å². The molecule has 9 heteroatoms. The van der Waals surface area contributed by atoms with Crippen molar-refractivity contribution in [1.82, 2.24) is 0 Å². The Morgan fingerprint density at radius 3 is 2.15 bits per heavy atom. The van der Waals surface area contributed by atoms with E-state index < -0.39 is 53.0 Å². The second-order valence-corrected chi connectivity index (χ2v) is 5.48. The molecule has 0 unspecified atom stereocenters. The van der Waals surface area contributed by atoms with E-state index in [-0.39, 0.29) is 11.3 Å². The van der Waals surface area contributed by atoms with Crippen LogP contribution < -0.4 is 10.1 Å². The van der Waals surface area contributed by atoms with Crippen molar-refractivity contribution in [1.29, 1.82) is 0 Å². The van der Waals surface area contributed by atoms with E-state index in [9.17, 15) is 31.4 Å². The lowest BCUT2D eigenvalue weighted by Crippen LogP contribution is -2.39. The van der Waals surface area contributed by atoms with Gasteiger partial charge in [0.15, 0.2) is 29.1 Å². The average Bonchev–Trinajstić information content (AvgIpc) is 2.63. The summed E-state index contributed by atoms with van der Waals surface area (Å²) in [5, 5.41) is 10.0. The summed E-state index contributed by atoms with van der Waals surface area (Å²) in [7, 11) is -2.09. The van der Waals surface area contributed by atoms with Gasteiger partial charge in [-0.2, -0.15) is 0 Å². The zero-order valence-corrected chi connectivity index (χ0v) is 13.3. The molecule has 0 heterocycles. The first kappa shape index (κ1) is 18.8. The molecule has 0 bridgehead atoms. The molecule has 2 nitrogen and oxygen atoms in total. The lowest BCUT2D eigenvalue weighted by Gasteiger charge is -2.15. The highest BCUT2D eigenvalue weighted by Gasteiger charge is 2.28. The Morgan fingerprint density at radius 2 is 1.41 bits per heavy atom. The second kappa shape index (κ2) is 7.36. The molecule has 3 aromatic carbocycles. The van der Waals surface area contributed by atoms with E-state index in [1.807, 2.05) is 0 Å². The summed E-state index contributed by atoms with van der Waals surface area (Å²) in [4.78, 5) is 0. The predicted molar refractivity (Wildman–Crippen MR) is 86.3 cm³/mol. The molecule has 0 aliphatic heterocycles. The molecule has 0 aliphatic carbocycles. The summed E-state index contributed by atoms with van der Waals surface area (Å²) in [6, 6.07) is 7.71. The van der Waals surface area contributed by atoms with Gasteiger partial charge >= 0.3 is 7.12 Å². The third kappa shape index (κ3) is 3.63. The quantitative estimate of drug-likeness (QED) is 0.321. The van der Waals surface area contributed by atoms with Crippen molar-refractivity contribution in [2.45, 2.75) is 0 Å². The van der Waals surface area contributed by atoms with Gasteiger partial charge in [-0.15, -0.1) is 0 Å². The van der Waals surface area contributed by atoms with Gasteiger partial charge in [0.25, 0.3) is 0 Å². The maximum atomic E-state index is 14.1. The Morgan fingerprint density at radius 1 is 0.704 bits per heavy atom. The van der Waals surface area contributed by atoms with Gasteiger partial charge < -0.3 is 9.68 Å². The minimum Gasteiger partial charge on any atom is -0.532 e. The fraction of sp³-hybridized carbons (Fsp3) is 0. The van der Waals surface area contributed by atoms with Crippen molar-refractivity contribution in [3.63, 3.8) is 0 Å². The summed E-state index contributed by atoms with van der Waals surface area (Å²) in [5.41, 5.74) is -1.36. The molecule has 0 radical (unpaired) electrons. The molecular formula is C18H9BF6O2. The maximum absolute atomic E-state index is 14.1. The smallest absolute Gasteiger partial charge is 0.532 e. The third-order valence-electron chi connectivity index (χ3n) is 3.74. The molecule has 138 valence electrons. The molecule has 0 spiro atoms. The van der Waals surface area contributed by atoms with Crippen LogP contribution in [0.5, 0.6) is 5.75 Å². The Kier molecular flexibility index (Phi) is 5.14. The highest BCUT2D eigenvalue weighted by molar-refractivity contribution is 6.60. The molecule has 0 saturated carbocycles. The van der Waals surface area contributed by atoms with Crippen LogP contribution in [-0.4, -0.2) is 12.1 Å². The van der Waals surface area contributed by atoms with Crippen LogP contribution in [0.25, 0.3) is 11.1 Å². The maximum Gasteiger partial charge on any atom is 0.563 e. The van der Waals surface area contributed by atoms with E-state index in [0.29, 0.717) is 18.2 Å². The lowest BCUT2D eigenvalue weighted by atomic mass is 9.78. The van der Waals surface area contributed by atoms with Crippen LogP contribution in [0, 0.1) is 34.9 Å². The van der Waals surface area contributed by atoms with Crippen molar-refractivity contribution < 1.29 is 36.0 Å². The van der Waals surface area contributed by atoms with Crippen molar-refractivity contribution in [2.24, 2.45) is 0 Å². The molecule has 3 rings (SSSR count). The predicted octanol–water partition coefficient (Wildman–Crippen LogP) is 3.95. The van der Waals surface area contributed by atoms with E-state index in [4.69, 9.17) is 4.65 Å². The molecule has 0 saturated heterocycles. The molecule has 27 heavy (non-hydrogen) atoms. The summed E-state index contributed by atoms with van der Waals surface area (Å²) in [6.07, 6.45) is 0. The zero-order chi connectivity index (χ0) is 19.7. The van der Waals surface area contributed by atoms with Crippen LogP contribution >= 0.6 is 0 Å². The van der Waals surface area contributed by atoms with Gasteiger partial charge in [-0.1, -0.05) is 24.3 Å². The molecule has 1 N–H and O–H groups in total. The van der Waals surface area contributed by atoms with Crippen molar-refractivity contribution in [3.05, 3.63) is 83.4 Å². The number of hydrogen-bond acceptors (Lipinski definition) is 2. The van der Waals surface area contributed by atoms with Gasteiger partial charge in [-0.3, -0.25) is 0 Å². The van der Waals surface area contributed by atoms with Gasteiger partial charge in [0, 0.05) is 22.7 Å². The normalized spacial score (nSPS) is 10.8. The highest BCUT2D eigenvalue weighted by Crippen LogP contribution is 2.33. The van der Waals surface area contributed by atoms with Crippen LogP contribution in [0.3, 0.4) is 0 Å². The largest absolute Gasteiger partial charge is 0.563 e. The van der Waals surface area contributed by atoms with Crippen LogP contribution in [-0.2, 0) is 0 Å². The van der Waals surface area contributed by atoms with Crippen molar-refractivity contribution >= 4 is 12.6 Å². The van der Waals surface area contributed by atoms with Gasteiger partial charge in [-0.05, 0) is 18.2 Å². The molecule has 0 atom stereocenters. The molecule has 0 aliphatic rings. The van der Waals surface area contributed by atoms with Gasteiger partial charge in [0.05, 0.1) is 0 Å². The third-order valence-corrected chi connectivity index (χ3v) is 3.74. The molecule has 3 aromatic rings. The first-order chi connectivity index (χ1) is 12.8. The second-order valence-electron chi connectivity index (χ2n) is 5.48. The van der Waals surface area contributed by atoms with Crippen LogP contribution in [0.15, 0.2) is 48.5 Å². The summed E-state index contributed by atoms with van der Waals surface area (Å²) in [6.45, 7) is 0. The number of halogens is 6. The van der Waals surface area contributed by atoms with Gasteiger partial charge in [0.1, 0.15) is 11.6 Å². The fourth-order valence-corrected chi connectivity index (χ4v) is 2.46. The van der Waals surface area contributed by atoms with Crippen molar-refractivity contribution in [3.8, 4) is 16.9 Å². The average molecular weight is 382 g/mol. The molecule has 0 amide bonds. The van der Waals surface area contributed by atoms with Crippen LogP contribution in [0.4, 0.5) is 26.3 Å². The minimum absolute atomic E-state index is 0.143. The van der Waals surface area contributed by atoms with E-state index >= 15 is 0 Å². The van der Waals surface area contributed by atoms with Crippen LogP contribution in [0.1, 0.15) is 0 Å². The van der Waals surface area contributed by atoms with Crippen molar-refractivity contribution in [2.75, 3.05) is 0 Å². The molecule has 0 fully saturated rings. The fourth-order valence-electron chi connectivity index (χ4n) is 2.46. The van der Waals surface area contributed by atoms with E-state index in [1.54, 1.807) is 0 Å². The molecular weight excluding hydrogens is 373 g/mol. The minimum atomic E-state index is -2.09. The molecule has 0 aromatic heterocycles. The Hall–Kier alpha value is -2.94. The summed E-state index contributed by atoms with van der Waals surface area (Å²) >= 11 is 0. The summed E-state index contributed by atoms with van der Waals surface area (Å²) in [5.74, 6) is -9.04. The van der Waals surface area contributed by atoms with E-state index in [2.05, 4.69) is 0 Å². The van der Waals surface area contributed by atoms with E-state index in [1.165, 1.54) is 24.3 Å². The van der Waals surface area contributed by atoms with Crippen LogP contribution in [0.2, 0.25) is 0 Å². The van der Waals surface area contributed by atoms with Gasteiger partial charge in [-0.25, -0.2) is 26.3 Å². The highest BCUT2D eigenvalue weighted by atomic mass is 19.2.